The quantitative estimate of drug-likeness (QED) is 0.945. The second-order valence-corrected chi connectivity index (χ2v) is 7.09. The molecule has 0 aliphatic carbocycles. The maximum absolute atomic E-state index is 11.8. The van der Waals surface area contributed by atoms with Gasteiger partial charge in [-0.3, -0.25) is 4.68 Å². The molecule has 0 bridgehead atoms. The van der Waals surface area contributed by atoms with Crippen molar-refractivity contribution in [3.63, 3.8) is 0 Å². The van der Waals surface area contributed by atoms with Crippen molar-refractivity contribution in [3.8, 4) is 0 Å². The molecule has 15 heavy (non-hydrogen) atoms. The van der Waals surface area contributed by atoms with Crippen molar-refractivity contribution < 1.29 is 8.42 Å². The number of thiophene rings is 1. The van der Waals surface area contributed by atoms with E-state index in [1.807, 2.05) is 0 Å². The smallest absolute Gasteiger partial charge is 0.261 e. The number of hydrogen-bond acceptors (Lipinski definition) is 3. The minimum Gasteiger partial charge on any atom is -0.261 e. The molecule has 0 saturated carbocycles. The molecule has 0 aliphatic heterocycles. The standard InChI is InChI=1S/C8H7BrN2O2S2/c9-7-3-4-8(14-7)15(12,13)10-11-5-1-2-6-11/h1-6,10H. The molecule has 0 amide bonds. The van der Waals surface area contributed by atoms with E-state index in [0.29, 0.717) is 0 Å². The van der Waals surface area contributed by atoms with Gasteiger partial charge in [0.05, 0.1) is 3.79 Å². The zero-order chi connectivity index (χ0) is 10.9. The van der Waals surface area contributed by atoms with Crippen molar-refractivity contribution in [1.82, 2.24) is 4.68 Å². The van der Waals surface area contributed by atoms with Crippen LogP contribution in [0.5, 0.6) is 0 Å². The first-order valence-electron chi connectivity index (χ1n) is 3.99. The van der Waals surface area contributed by atoms with E-state index < -0.39 is 10.0 Å². The number of nitrogens with one attached hydrogen (secondary N) is 1. The molecular weight excluding hydrogens is 300 g/mol. The number of aromatic nitrogens is 1. The molecule has 80 valence electrons. The summed E-state index contributed by atoms with van der Waals surface area (Å²) >= 11 is 4.39. The largest absolute Gasteiger partial charge is 0.284 e. The molecule has 0 atom stereocenters. The van der Waals surface area contributed by atoms with Crippen LogP contribution >= 0.6 is 27.3 Å². The number of hydrogen-bond donors (Lipinski definition) is 1. The molecule has 2 aromatic rings. The minimum atomic E-state index is -3.46. The van der Waals surface area contributed by atoms with Crippen molar-refractivity contribution in [2.45, 2.75) is 4.21 Å². The van der Waals surface area contributed by atoms with Crippen LogP contribution in [0, 0.1) is 0 Å². The van der Waals surface area contributed by atoms with E-state index in [0.717, 1.165) is 3.79 Å². The van der Waals surface area contributed by atoms with E-state index >= 15 is 0 Å². The van der Waals surface area contributed by atoms with Gasteiger partial charge in [0.1, 0.15) is 4.21 Å². The average Bonchev–Trinajstić information content (AvgIpc) is 2.75. The van der Waals surface area contributed by atoms with Gasteiger partial charge >= 0.3 is 0 Å². The van der Waals surface area contributed by atoms with Gasteiger partial charge in [0.2, 0.25) is 0 Å². The fourth-order valence-corrected chi connectivity index (χ4v) is 4.02. The third-order valence-corrected chi connectivity index (χ3v) is 5.09. The maximum Gasteiger partial charge on any atom is 0.284 e. The van der Waals surface area contributed by atoms with E-state index in [4.69, 9.17) is 0 Å². The topological polar surface area (TPSA) is 51.1 Å². The molecule has 0 aliphatic rings. The van der Waals surface area contributed by atoms with Crippen LogP contribution in [0.25, 0.3) is 0 Å². The first-order valence-corrected chi connectivity index (χ1v) is 7.08. The lowest BCUT2D eigenvalue weighted by Gasteiger charge is -2.06. The summed E-state index contributed by atoms with van der Waals surface area (Å²) in [7, 11) is -3.46. The van der Waals surface area contributed by atoms with Crippen LogP contribution < -0.4 is 4.83 Å². The highest BCUT2D eigenvalue weighted by molar-refractivity contribution is 9.11. The first kappa shape index (κ1) is 10.7. The van der Waals surface area contributed by atoms with E-state index in [2.05, 4.69) is 20.8 Å². The summed E-state index contributed by atoms with van der Waals surface area (Å²) in [5, 5.41) is 0. The monoisotopic (exact) mass is 306 g/mol. The Morgan fingerprint density at radius 1 is 1.27 bits per heavy atom. The lowest BCUT2D eigenvalue weighted by atomic mass is 10.7. The van der Waals surface area contributed by atoms with Crippen molar-refractivity contribution in [1.29, 1.82) is 0 Å². The number of halogens is 1. The van der Waals surface area contributed by atoms with Crippen LogP contribution in [-0.2, 0) is 10.0 Å². The van der Waals surface area contributed by atoms with Gasteiger partial charge in [-0.25, -0.2) is 4.83 Å². The number of rotatable bonds is 3. The van der Waals surface area contributed by atoms with Gasteiger partial charge in [0, 0.05) is 12.4 Å². The Labute approximate surface area is 99.7 Å². The fraction of sp³-hybridized carbons (Fsp3) is 0. The SMILES string of the molecule is O=S(=O)(Nn1cccc1)c1ccc(Br)s1. The summed E-state index contributed by atoms with van der Waals surface area (Å²) in [6.07, 6.45) is 3.25. The molecule has 0 fully saturated rings. The summed E-state index contributed by atoms with van der Waals surface area (Å²) < 4.78 is 26.0. The van der Waals surface area contributed by atoms with Crippen LogP contribution in [0.2, 0.25) is 0 Å². The number of nitrogens with zero attached hydrogens (tertiary/aromatic N) is 1. The normalized spacial score (nSPS) is 11.5. The Bertz CT molecular complexity index is 545. The highest BCUT2D eigenvalue weighted by atomic mass is 79.9. The number of sulfonamides is 1. The molecule has 0 saturated heterocycles. The van der Waals surface area contributed by atoms with E-state index in [9.17, 15) is 8.42 Å². The van der Waals surface area contributed by atoms with Crippen molar-refractivity contribution in [3.05, 3.63) is 40.4 Å². The fourth-order valence-electron chi connectivity index (χ4n) is 1.02. The molecule has 0 unspecified atom stereocenters. The van der Waals surface area contributed by atoms with Crippen LogP contribution in [0.15, 0.2) is 44.7 Å². The van der Waals surface area contributed by atoms with Crippen molar-refractivity contribution in [2.75, 3.05) is 4.83 Å². The third kappa shape index (κ3) is 2.42. The molecule has 0 aromatic carbocycles. The van der Waals surface area contributed by atoms with E-state index in [1.54, 1.807) is 36.7 Å². The summed E-state index contributed by atoms with van der Waals surface area (Å²) in [6.45, 7) is 0. The molecule has 0 spiro atoms. The Kier molecular flexibility index (Phi) is 2.85. The summed E-state index contributed by atoms with van der Waals surface area (Å²) in [5.41, 5.74) is 0. The second kappa shape index (κ2) is 3.99. The lowest BCUT2D eigenvalue weighted by Crippen LogP contribution is -2.20. The van der Waals surface area contributed by atoms with Gasteiger partial charge in [-0.05, 0) is 40.2 Å². The Morgan fingerprint density at radius 2 is 1.93 bits per heavy atom. The zero-order valence-corrected chi connectivity index (χ0v) is 10.6. The molecule has 0 radical (unpaired) electrons. The average molecular weight is 307 g/mol. The highest BCUT2D eigenvalue weighted by Gasteiger charge is 2.15. The molecule has 7 heteroatoms. The van der Waals surface area contributed by atoms with E-state index in [-0.39, 0.29) is 4.21 Å². The van der Waals surface area contributed by atoms with Crippen LogP contribution in [0.4, 0.5) is 0 Å². The van der Waals surface area contributed by atoms with Crippen LogP contribution in [0.3, 0.4) is 0 Å². The van der Waals surface area contributed by atoms with Gasteiger partial charge in [0.15, 0.2) is 0 Å². The third-order valence-electron chi connectivity index (χ3n) is 1.64. The molecule has 2 aromatic heterocycles. The van der Waals surface area contributed by atoms with Crippen molar-refractivity contribution >= 4 is 37.3 Å². The summed E-state index contributed by atoms with van der Waals surface area (Å²) in [6, 6.07) is 6.75. The lowest BCUT2D eigenvalue weighted by molar-refractivity contribution is 0.597. The van der Waals surface area contributed by atoms with E-state index in [1.165, 1.54) is 16.0 Å². The molecule has 1 N–H and O–H groups in total. The summed E-state index contributed by atoms with van der Waals surface area (Å²) in [4.78, 5) is 2.41. The van der Waals surface area contributed by atoms with Gasteiger partial charge in [-0.1, -0.05) is 0 Å². The molecule has 2 heterocycles. The highest BCUT2D eigenvalue weighted by Crippen LogP contribution is 2.26. The molecule has 4 nitrogen and oxygen atoms in total. The predicted molar refractivity (Wildman–Crippen MR) is 63.0 cm³/mol. The maximum atomic E-state index is 11.8. The summed E-state index contributed by atoms with van der Waals surface area (Å²) in [5.74, 6) is 0. The van der Waals surface area contributed by atoms with Crippen molar-refractivity contribution in [2.24, 2.45) is 0 Å². The Hall–Kier alpha value is -0.790. The predicted octanol–water partition coefficient (Wildman–Crippen LogP) is 2.24. The van der Waals surface area contributed by atoms with Gasteiger partial charge in [-0.15, -0.1) is 11.3 Å². The minimum absolute atomic E-state index is 0.281. The molecular formula is C8H7BrN2O2S2. The van der Waals surface area contributed by atoms with Crippen LogP contribution in [-0.4, -0.2) is 13.1 Å². The van der Waals surface area contributed by atoms with Crippen LogP contribution in [0.1, 0.15) is 0 Å². The molecule has 2 rings (SSSR count). The zero-order valence-electron chi connectivity index (χ0n) is 7.42. The van der Waals surface area contributed by atoms with Gasteiger partial charge in [0.25, 0.3) is 10.0 Å². The Morgan fingerprint density at radius 3 is 2.47 bits per heavy atom. The first-order chi connectivity index (χ1) is 7.08. The van der Waals surface area contributed by atoms with Gasteiger partial charge < -0.3 is 0 Å². The van der Waals surface area contributed by atoms with Gasteiger partial charge in [-0.2, -0.15) is 8.42 Å². The Balaban J connectivity index is 2.28. The second-order valence-electron chi connectivity index (χ2n) is 2.74.